The number of aliphatic hydroxyl groups is 5. The van der Waals surface area contributed by atoms with E-state index in [1.807, 2.05) is 0 Å². The van der Waals surface area contributed by atoms with Gasteiger partial charge in [0.15, 0.2) is 6.29 Å². The molecule has 1 aromatic carbocycles. The molecule has 1 fully saturated rings. The van der Waals surface area contributed by atoms with E-state index < -0.39 is 54.6 Å². The van der Waals surface area contributed by atoms with Crippen molar-refractivity contribution in [3.05, 3.63) is 40.2 Å². The molecule has 0 unspecified atom stereocenters. The van der Waals surface area contributed by atoms with Crippen LogP contribution in [0.3, 0.4) is 0 Å². The van der Waals surface area contributed by atoms with Gasteiger partial charge in [-0.2, -0.15) is 0 Å². The first-order chi connectivity index (χ1) is 14.6. The van der Waals surface area contributed by atoms with Crippen molar-refractivity contribution in [2.45, 2.75) is 62.7 Å². The van der Waals surface area contributed by atoms with Crippen LogP contribution in [0.4, 0.5) is 0 Å². The first-order valence-electron chi connectivity index (χ1n) is 9.85. The molecule has 0 amide bonds. The van der Waals surface area contributed by atoms with E-state index >= 15 is 0 Å². The van der Waals surface area contributed by atoms with Gasteiger partial charge in [-0.25, -0.2) is 4.79 Å². The standard InChI is InChI=1S/C21H28O10/c1-21(2,27)14(30-20-18(26)17(25)16(24)13(9-22)29-20)8-11-12(28-3)6-4-10-5-7-15(23)31-19(10)11/h4-7,13-14,16-18,20,22,24-27H,8-9H2,1-3H3/t13-,14+,16-,17+,18-,20+/m0/s1. The molecule has 1 aliphatic heterocycles. The van der Waals surface area contributed by atoms with E-state index in [2.05, 4.69) is 0 Å². The van der Waals surface area contributed by atoms with Crippen molar-refractivity contribution < 1.29 is 44.2 Å². The topological polar surface area (TPSA) is 159 Å². The second-order valence-corrected chi connectivity index (χ2v) is 8.10. The number of hydrogen-bond donors (Lipinski definition) is 5. The molecule has 6 atom stereocenters. The molecule has 0 aliphatic carbocycles. The van der Waals surface area contributed by atoms with Crippen LogP contribution in [0.5, 0.6) is 5.75 Å². The summed E-state index contributed by atoms with van der Waals surface area (Å²) in [5, 5.41) is 51.0. The molecule has 0 saturated carbocycles. The summed E-state index contributed by atoms with van der Waals surface area (Å²) in [6.07, 6.45) is -8.42. The summed E-state index contributed by atoms with van der Waals surface area (Å²) in [7, 11) is 1.45. The molecular weight excluding hydrogens is 412 g/mol. The quantitative estimate of drug-likeness (QED) is 0.349. The molecule has 1 aromatic heterocycles. The third-order valence-electron chi connectivity index (χ3n) is 5.39. The van der Waals surface area contributed by atoms with Gasteiger partial charge >= 0.3 is 5.63 Å². The highest BCUT2D eigenvalue weighted by atomic mass is 16.7. The Hall–Kier alpha value is -2.05. The molecule has 10 nitrogen and oxygen atoms in total. The zero-order valence-corrected chi connectivity index (χ0v) is 17.5. The minimum absolute atomic E-state index is 0.00795. The van der Waals surface area contributed by atoms with Crippen LogP contribution in [-0.4, -0.2) is 81.7 Å². The summed E-state index contributed by atoms with van der Waals surface area (Å²) < 4.78 is 22.0. The first kappa shape index (κ1) is 23.6. The lowest BCUT2D eigenvalue weighted by Crippen LogP contribution is -2.60. The fourth-order valence-corrected chi connectivity index (χ4v) is 3.55. The number of ether oxygens (including phenoxy) is 3. The highest BCUT2D eigenvalue weighted by Gasteiger charge is 2.46. The lowest BCUT2D eigenvalue weighted by atomic mass is 9.93. The van der Waals surface area contributed by atoms with Crippen molar-refractivity contribution >= 4 is 11.0 Å². The minimum Gasteiger partial charge on any atom is -0.496 e. The fraction of sp³-hybridized carbons (Fsp3) is 0.571. The van der Waals surface area contributed by atoms with Gasteiger partial charge in [-0.1, -0.05) is 0 Å². The summed E-state index contributed by atoms with van der Waals surface area (Å²) in [5.74, 6) is 0.397. The number of fused-ring (bicyclic) bond motifs is 1. The maximum Gasteiger partial charge on any atom is 0.336 e. The maximum absolute atomic E-state index is 11.8. The van der Waals surface area contributed by atoms with Gasteiger partial charge in [0, 0.05) is 23.4 Å². The molecule has 2 heterocycles. The van der Waals surface area contributed by atoms with Crippen molar-refractivity contribution in [2.75, 3.05) is 13.7 Å². The molecule has 172 valence electrons. The predicted molar refractivity (Wildman–Crippen MR) is 108 cm³/mol. The van der Waals surface area contributed by atoms with E-state index in [4.69, 9.17) is 18.6 Å². The number of aliphatic hydroxyl groups excluding tert-OH is 4. The van der Waals surface area contributed by atoms with Crippen LogP contribution in [0.1, 0.15) is 19.4 Å². The Morgan fingerprint density at radius 2 is 1.77 bits per heavy atom. The van der Waals surface area contributed by atoms with Crippen LogP contribution in [0.15, 0.2) is 33.5 Å². The summed E-state index contributed by atoms with van der Waals surface area (Å²) in [5.41, 5.74) is -1.31. The van der Waals surface area contributed by atoms with E-state index in [9.17, 15) is 30.3 Å². The number of benzene rings is 1. The first-order valence-corrected chi connectivity index (χ1v) is 9.85. The lowest BCUT2D eigenvalue weighted by Gasteiger charge is -2.42. The molecule has 31 heavy (non-hydrogen) atoms. The van der Waals surface area contributed by atoms with E-state index in [-0.39, 0.29) is 12.0 Å². The highest BCUT2D eigenvalue weighted by Crippen LogP contribution is 2.33. The molecule has 1 saturated heterocycles. The van der Waals surface area contributed by atoms with Gasteiger partial charge in [-0.3, -0.25) is 0 Å². The Labute approximate surface area is 178 Å². The van der Waals surface area contributed by atoms with Crippen LogP contribution in [-0.2, 0) is 15.9 Å². The van der Waals surface area contributed by atoms with Crippen LogP contribution in [0.25, 0.3) is 11.0 Å². The molecule has 10 heteroatoms. The largest absolute Gasteiger partial charge is 0.496 e. The van der Waals surface area contributed by atoms with E-state index in [1.54, 1.807) is 18.2 Å². The molecule has 0 spiro atoms. The van der Waals surface area contributed by atoms with Crippen molar-refractivity contribution in [2.24, 2.45) is 0 Å². The Balaban J connectivity index is 1.97. The van der Waals surface area contributed by atoms with Crippen LogP contribution < -0.4 is 10.4 Å². The Morgan fingerprint density at radius 3 is 2.39 bits per heavy atom. The fourth-order valence-electron chi connectivity index (χ4n) is 3.55. The van der Waals surface area contributed by atoms with Gasteiger partial charge in [0.2, 0.25) is 0 Å². The molecule has 2 aromatic rings. The van der Waals surface area contributed by atoms with Crippen LogP contribution in [0, 0.1) is 0 Å². The molecule has 1 aliphatic rings. The lowest BCUT2D eigenvalue weighted by molar-refractivity contribution is -0.321. The highest BCUT2D eigenvalue weighted by molar-refractivity contribution is 5.82. The Kier molecular flexibility index (Phi) is 7.01. The van der Waals surface area contributed by atoms with Gasteiger partial charge in [0.1, 0.15) is 35.7 Å². The number of methoxy groups -OCH3 is 1. The van der Waals surface area contributed by atoms with Gasteiger partial charge in [-0.05, 0) is 32.0 Å². The second kappa shape index (κ2) is 9.21. The van der Waals surface area contributed by atoms with Crippen LogP contribution >= 0.6 is 0 Å². The Bertz CT molecular complexity index is 947. The molecule has 0 bridgehead atoms. The zero-order valence-electron chi connectivity index (χ0n) is 17.5. The SMILES string of the molecule is COc1ccc2ccc(=O)oc2c1C[C@@H](O[C@H]1O[C@@H](CO)[C@H](O)[C@@H](O)[C@@H]1O)C(C)(C)O. The van der Waals surface area contributed by atoms with E-state index in [0.29, 0.717) is 16.7 Å². The van der Waals surface area contributed by atoms with Crippen molar-refractivity contribution in [1.82, 2.24) is 0 Å². The van der Waals surface area contributed by atoms with Gasteiger partial charge in [0.05, 0.1) is 25.4 Å². The average molecular weight is 440 g/mol. The molecule has 3 rings (SSSR count). The predicted octanol–water partition coefficient (Wildman–Crippen LogP) is -0.700. The third-order valence-corrected chi connectivity index (χ3v) is 5.39. The summed E-state index contributed by atoms with van der Waals surface area (Å²) in [6.45, 7) is 2.35. The smallest absolute Gasteiger partial charge is 0.336 e. The third kappa shape index (κ3) is 4.90. The van der Waals surface area contributed by atoms with E-state index in [0.717, 1.165) is 0 Å². The molecule has 5 N–H and O–H groups in total. The summed E-state index contributed by atoms with van der Waals surface area (Å²) >= 11 is 0. The van der Waals surface area contributed by atoms with Gasteiger partial charge in [0.25, 0.3) is 0 Å². The molecule has 0 radical (unpaired) electrons. The van der Waals surface area contributed by atoms with Crippen molar-refractivity contribution in [1.29, 1.82) is 0 Å². The normalized spacial score (nSPS) is 27.9. The van der Waals surface area contributed by atoms with E-state index in [1.165, 1.54) is 27.0 Å². The summed E-state index contributed by atoms with van der Waals surface area (Å²) in [6, 6.07) is 6.29. The van der Waals surface area contributed by atoms with Gasteiger partial charge in [-0.15, -0.1) is 0 Å². The van der Waals surface area contributed by atoms with Crippen molar-refractivity contribution in [3.63, 3.8) is 0 Å². The summed E-state index contributed by atoms with van der Waals surface area (Å²) in [4.78, 5) is 11.8. The minimum atomic E-state index is -1.63. The monoisotopic (exact) mass is 440 g/mol. The van der Waals surface area contributed by atoms with Gasteiger partial charge < -0.3 is 44.2 Å². The number of hydrogen-bond acceptors (Lipinski definition) is 10. The second-order valence-electron chi connectivity index (χ2n) is 8.10. The van der Waals surface area contributed by atoms with Crippen molar-refractivity contribution in [3.8, 4) is 5.75 Å². The molecular formula is C21H28O10. The van der Waals surface area contributed by atoms with Crippen LogP contribution in [0.2, 0.25) is 0 Å². The number of rotatable bonds is 7. The zero-order chi connectivity index (χ0) is 22.9. The Morgan fingerprint density at radius 1 is 1.10 bits per heavy atom. The maximum atomic E-state index is 11.8. The average Bonchev–Trinajstić information content (AvgIpc) is 2.72.